The number of hydrogen-bond donors (Lipinski definition) is 0. The lowest BCUT2D eigenvalue weighted by Gasteiger charge is -2.11. The predicted molar refractivity (Wildman–Crippen MR) is 91.8 cm³/mol. The van der Waals surface area contributed by atoms with Gasteiger partial charge in [-0.25, -0.2) is 4.98 Å². The predicted octanol–water partition coefficient (Wildman–Crippen LogP) is 4.58. The maximum Gasteiger partial charge on any atom is 0.162 e. The summed E-state index contributed by atoms with van der Waals surface area (Å²) in [6.07, 6.45) is 0. The number of hydrogen-bond acceptors (Lipinski definition) is 4. The van der Waals surface area contributed by atoms with Crippen LogP contribution in [0.2, 0.25) is 5.02 Å². The monoisotopic (exact) mass is 329 g/mol. The molecule has 118 valence electrons. The quantitative estimate of drug-likeness (QED) is 0.702. The number of halogens is 1. The highest BCUT2D eigenvalue weighted by molar-refractivity contribution is 6.35. The number of aromatic nitrogens is 1. The average molecular weight is 330 g/mol. The molecular formula is C18H16ClNO3. The van der Waals surface area contributed by atoms with E-state index in [0.29, 0.717) is 16.5 Å². The lowest BCUT2D eigenvalue weighted by molar-refractivity contribution is 0.356. The minimum atomic E-state index is 0.613. The topological polar surface area (TPSA) is 40.6 Å². The van der Waals surface area contributed by atoms with Crippen LogP contribution in [0.25, 0.3) is 22.2 Å². The third-order valence-corrected chi connectivity index (χ3v) is 3.96. The van der Waals surface area contributed by atoms with Gasteiger partial charge in [0.1, 0.15) is 5.75 Å². The fraction of sp³-hybridized carbons (Fsp3) is 0.167. The van der Waals surface area contributed by atoms with Gasteiger partial charge in [-0.15, -0.1) is 0 Å². The zero-order chi connectivity index (χ0) is 16.4. The van der Waals surface area contributed by atoms with E-state index in [4.69, 9.17) is 25.8 Å². The van der Waals surface area contributed by atoms with Gasteiger partial charge >= 0.3 is 0 Å². The van der Waals surface area contributed by atoms with Crippen molar-refractivity contribution in [3.63, 3.8) is 0 Å². The van der Waals surface area contributed by atoms with Crippen LogP contribution in [-0.4, -0.2) is 26.3 Å². The number of methoxy groups -OCH3 is 3. The number of ether oxygens (including phenoxy) is 3. The molecule has 0 bridgehead atoms. The third-order valence-electron chi connectivity index (χ3n) is 3.65. The summed E-state index contributed by atoms with van der Waals surface area (Å²) in [4.78, 5) is 4.68. The van der Waals surface area contributed by atoms with Crippen LogP contribution in [-0.2, 0) is 0 Å². The van der Waals surface area contributed by atoms with E-state index in [1.165, 1.54) is 0 Å². The first-order valence-electron chi connectivity index (χ1n) is 7.03. The molecule has 0 saturated heterocycles. The molecular weight excluding hydrogens is 314 g/mol. The molecule has 0 unspecified atom stereocenters. The maximum atomic E-state index is 6.43. The van der Waals surface area contributed by atoms with E-state index in [2.05, 4.69) is 4.98 Å². The molecule has 0 N–H and O–H groups in total. The van der Waals surface area contributed by atoms with Crippen molar-refractivity contribution in [1.82, 2.24) is 4.98 Å². The SMILES string of the molecule is COc1ccc(-c2cc(Cl)c3cc(OC)c(OC)cc3n2)cc1. The lowest BCUT2D eigenvalue weighted by Crippen LogP contribution is -1.93. The number of pyridine rings is 1. The van der Waals surface area contributed by atoms with Gasteiger partial charge in [0.05, 0.1) is 37.6 Å². The zero-order valence-electron chi connectivity index (χ0n) is 13.1. The molecule has 0 aliphatic carbocycles. The third kappa shape index (κ3) is 2.90. The van der Waals surface area contributed by atoms with Crippen LogP contribution < -0.4 is 14.2 Å². The van der Waals surface area contributed by atoms with E-state index in [-0.39, 0.29) is 0 Å². The van der Waals surface area contributed by atoms with Crippen molar-refractivity contribution in [3.05, 3.63) is 47.5 Å². The van der Waals surface area contributed by atoms with E-state index in [0.717, 1.165) is 27.9 Å². The van der Waals surface area contributed by atoms with Gasteiger partial charge in [0.2, 0.25) is 0 Å². The molecule has 1 aromatic heterocycles. The molecule has 4 nitrogen and oxygen atoms in total. The van der Waals surface area contributed by atoms with Crippen molar-refractivity contribution >= 4 is 22.5 Å². The summed E-state index contributed by atoms with van der Waals surface area (Å²) < 4.78 is 15.8. The Morgan fingerprint density at radius 1 is 0.826 bits per heavy atom. The summed E-state index contributed by atoms with van der Waals surface area (Å²) in [6, 6.07) is 13.2. The summed E-state index contributed by atoms with van der Waals surface area (Å²) in [5.41, 5.74) is 2.50. The molecule has 0 saturated carbocycles. The van der Waals surface area contributed by atoms with Gasteiger partial charge in [0.25, 0.3) is 0 Å². The average Bonchev–Trinajstić information content (AvgIpc) is 2.60. The first kappa shape index (κ1) is 15.4. The Labute approximate surface area is 139 Å². The Hall–Kier alpha value is -2.46. The molecule has 1 heterocycles. The lowest BCUT2D eigenvalue weighted by atomic mass is 10.1. The maximum absolute atomic E-state index is 6.43. The summed E-state index contributed by atoms with van der Waals surface area (Å²) in [6.45, 7) is 0. The van der Waals surface area contributed by atoms with E-state index in [1.807, 2.05) is 42.5 Å². The van der Waals surface area contributed by atoms with Crippen LogP contribution in [0, 0.1) is 0 Å². The molecule has 0 radical (unpaired) electrons. The second-order valence-corrected chi connectivity index (χ2v) is 5.35. The fourth-order valence-corrected chi connectivity index (χ4v) is 2.68. The Balaban J connectivity index is 2.15. The normalized spacial score (nSPS) is 10.6. The van der Waals surface area contributed by atoms with Crippen LogP contribution in [0.4, 0.5) is 0 Å². The Morgan fingerprint density at radius 3 is 2.09 bits per heavy atom. The van der Waals surface area contributed by atoms with Gasteiger partial charge in [-0.2, -0.15) is 0 Å². The smallest absolute Gasteiger partial charge is 0.162 e. The van der Waals surface area contributed by atoms with Crippen molar-refractivity contribution < 1.29 is 14.2 Å². The number of benzene rings is 2. The first-order chi connectivity index (χ1) is 11.2. The summed E-state index contributed by atoms with van der Waals surface area (Å²) in [5.74, 6) is 2.04. The van der Waals surface area contributed by atoms with Gasteiger partial charge in [-0.05, 0) is 36.4 Å². The van der Waals surface area contributed by atoms with E-state index in [9.17, 15) is 0 Å². The summed E-state index contributed by atoms with van der Waals surface area (Å²) in [7, 11) is 4.83. The van der Waals surface area contributed by atoms with Crippen LogP contribution in [0.1, 0.15) is 0 Å². The minimum absolute atomic E-state index is 0.613. The van der Waals surface area contributed by atoms with Crippen molar-refractivity contribution in [2.75, 3.05) is 21.3 Å². The molecule has 0 fully saturated rings. The molecule has 0 atom stereocenters. The standard InChI is InChI=1S/C18H16ClNO3/c1-21-12-6-4-11(5-7-12)15-9-14(19)13-8-17(22-2)18(23-3)10-16(13)20-15/h4-10H,1-3H3. The van der Waals surface area contributed by atoms with Crippen molar-refractivity contribution in [2.45, 2.75) is 0 Å². The molecule has 3 rings (SSSR count). The summed E-state index contributed by atoms with van der Waals surface area (Å²) in [5, 5.41) is 1.43. The second-order valence-electron chi connectivity index (χ2n) is 4.94. The number of fused-ring (bicyclic) bond motifs is 1. The largest absolute Gasteiger partial charge is 0.497 e. The summed E-state index contributed by atoms with van der Waals surface area (Å²) >= 11 is 6.43. The van der Waals surface area contributed by atoms with Crippen LogP contribution in [0.15, 0.2) is 42.5 Å². The molecule has 5 heteroatoms. The number of rotatable bonds is 4. The highest BCUT2D eigenvalue weighted by Gasteiger charge is 2.12. The van der Waals surface area contributed by atoms with Gasteiger partial charge < -0.3 is 14.2 Å². The van der Waals surface area contributed by atoms with Crippen LogP contribution in [0.3, 0.4) is 0 Å². The molecule has 23 heavy (non-hydrogen) atoms. The molecule has 0 amide bonds. The van der Waals surface area contributed by atoms with Crippen molar-refractivity contribution in [3.8, 4) is 28.5 Å². The van der Waals surface area contributed by atoms with E-state index < -0.39 is 0 Å². The van der Waals surface area contributed by atoms with Gasteiger partial charge in [0, 0.05) is 17.0 Å². The highest BCUT2D eigenvalue weighted by atomic mass is 35.5. The Morgan fingerprint density at radius 2 is 1.48 bits per heavy atom. The highest BCUT2D eigenvalue weighted by Crippen LogP contribution is 2.36. The minimum Gasteiger partial charge on any atom is -0.497 e. The molecule has 0 aliphatic heterocycles. The molecule has 3 aromatic rings. The van der Waals surface area contributed by atoms with Crippen molar-refractivity contribution in [2.24, 2.45) is 0 Å². The Kier molecular flexibility index (Phi) is 4.26. The zero-order valence-corrected chi connectivity index (χ0v) is 13.8. The van der Waals surface area contributed by atoms with Crippen molar-refractivity contribution in [1.29, 1.82) is 0 Å². The van der Waals surface area contributed by atoms with Gasteiger partial charge in [0.15, 0.2) is 11.5 Å². The first-order valence-corrected chi connectivity index (χ1v) is 7.40. The van der Waals surface area contributed by atoms with Crippen LogP contribution >= 0.6 is 11.6 Å². The fourth-order valence-electron chi connectivity index (χ4n) is 2.42. The second kappa shape index (κ2) is 6.34. The molecule has 0 aliphatic rings. The number of nitrogens with zero attached hydrogens (tertiary/aromatic N) is 1. The van der Waals surface area contributed by atoms with E-state index >= 15 is 0 Å². The Bertz CT molecular complexity index is 847. The molecule has 2 aromatic carbocycles. The van der Waals surface area contributed by atoms with E-state index in [1.54, 1.807) is 21.3 Å². The van der Waals surface area contributed by atoms with Gasteiger partial charge in [-0.3, -0.25) is 0 Å². The molecule has 0 spiro atoms. The van der Waals surface area contributed by atoms with Gasteiger partial charge in [-0.1, -0.05) is 11.6 Å². The van der Waals surface area contributed by atoms with Crippen LogP contribution in [0.5, 0.6) is 17.2 Å².